The molecule has 5 atom stereocenters. The van der Waals surface area contributed by atoms with Crippen molar-refractivity contribution in [3.8, 4) is 5.75 Å². The Bertz CT molecular complexity index is 2170. The fraction of sp³-hybridized carbons (Fsp3) is 0.385. The second kappa shape index (κ2) is 15.7. The van der Waals surface area contributed by atoms with Crippen LogP contribution in [0.1, 0.15) is 94.4 Å². The topological polar surface area (TPSA) is 218 Å². The Morgan fingerprint density at radius 2 is 1.64 bits per heavy atom. The van der Waals surface area contributed by atoms with Crippen molar-refractivity contribution in [3.63, 3.8) is 0 Å². The maximum Gasteiger partial charge on any atom is 0.276 e. The van der Waals surface area contributed by atoms with Gasteiger partial charge in [-0.15, -0.1) is 0 Å². The SMILES string of the molecule is CC(C)C[C@H]1NC(=O)c2coc(n2)[C@H](Cc2ccccc2)NC(=O)[C@@H]2C[C@H](NC(=O)c3ccc4c(c3)N(C)C(=O)CO4)CN2C(=O)c2coc(n2)[C@@H](C)NC1=O. The molecule has 4 N–H and O–H groups in total. The van der Waals surface area contributed by atoms with Crippen LogP contribution in [0.5, 0.6) is 5.75 Å². The lowest BCUT2D eigenvalue weighted by Crippen LogP contribution is -2.48. The van der Waals surface area contributed by atoms with Gasteiger partial charge < -0.3 is 44.6 Å². The number of hydrogen-bond donors (Lipinski definition) is 4. The normalized spacial score (nSPS) is 22.9. The highest BCUT2D eigenvalue weighted by molar-refractivity contribution is 6.01. The van der Waals surface area contributed by atoms with Gasteiger partial charge in [-0.1, -0.05) is 44.2 Å². The Morgan fingerprint density at radius 3 is 2.41 bits per heavy atom. The van der Waals surface area contributed by atoms with Crippen molar-refractivity contribution in [2.75, 3.05) is 25.1 Å². The van der Waals surface area contributed by atoms with E-state index < -0.39 is 59.7 Å². The summed E-state index contributed by atoms with van der Waals surface area (Å²) in [5, 5.41) is 11.5. The molecule has 0 radical (unpaired) electrons. The van der Waals surface area contributed by atoms with Gasteiger partial charge >= 0.3 is 0 Å². The number of hydrogen-bond acceptors (Lipinski definition) is 11. The van der Waals surface area contributed by atoms with Crippen molar-refractivity contribution >= 4 is 41.1 Å². The second-order valence-corrected chi connectivity index (χ2v) is 14.6. The average Bonchev–Trinajstić information content (AvgIpc) is 3.96. The van der Waals surface area contributed by atoms with E-state index in [1.165, 1.54) is 16.1 Å². The summed E-state index contributed by atoms with van der Waals surface area (Å²) < 4.78 is 16.9. The number of carbonyl (C=O) groups excluding carboxylic acids is 6. The molecular formula is C39H42N8O9. The molecule has 0 aliphatic carbocycles. The molecule has 4 aromatic rings. The molecule has 5 heterocycles. The fourth-order valence-electron chi connectivity index (χ4n) is 7.01. The second-order valence-electron chi connectivity index (χ2n) is 14.6. The third-order valence-electron chi connectivity index (χ3n) is 9.96. The standard InChI is InChI=1S/C39H42N8O9/c1-20(2)12-25-34(50)40-21(3)37-45-28(18-55-37)39(53)47-16-24(41-33(49)23-10-11-31-29(14-23)46(4)32(48)19-54-31)15-30(47)36(52)43-26(13-22-8-6-5-7-9-22)38-44-27(17-56-38)35(51)42-25/h5-11,14,17-18,20-21,24-26,30H,12-13,15-16,19H2,1-4H3,(H,40,50)(H,41,49)(H,42,51)(H,43,52)/t21-,24+,25-,26+,30+/m1/s1. The molecule has 3 aliphatic heterocycles. The maximum absolute atomic E-state index is 14.3. The van der Waals surface area contributed by atoms with Crippen molar-refractivity contribution in [3.05, 3.63) is 95.4 Å². The van der Waals surface area contributed by atoms with Crippen molar-refractivity contribution in [1.29, 1.82) is 0 Å². The quantitative estimate of drug-likeness (QED) is 0.224. The maximum atomic E-state index is 14.3. The van der Waals surface area contributed by atoms with Gasteiger partial charge in [-0.2, -0.15) is 0 Å². The first kappa shape index (κ1) is 37.8. The molecule has 0 unspecified atom stereocenters. The Morgan fingerprint density at radius 1 is 0.911 bits per heavy atom. The van der Waals surface area contributed by atoms with Gasteiger partial charge in [-0.25, -0.2) is 9.97 Å². The van der Waals surface area contributed by atoms with E-state index in [2.05, 4.69) is 31.2 Å². The number of anilines is 1. The van der Waals surface area contributed by atoms with E-state index in [9.17, 15) is 28.8 Å². The van der Waals surface area contributed by atoms with Crippen molar-refractivity contribution in [2.45, 2.75) is 70.2 Å². The fourth-order valence-corrected chi connectivity index (χ4v) is 7.01. The molecule has 1 fully saturated rings. The first-order valence-corrected chi connectivity index (χ1v) is 18.4. The Balaban J connectivity index is 1.21. The number of fused-ring (bicyclic) bond motifs is 6. The van der Waals surface area contributed by atoms with E-state index in [4.69, 9.17) is 13.6 Å². The van der Waals surface area contributed by atoms with Crippen LogP contribution in [0.15, 0.2) is 69.9 Å². The number of aromatic nitrogens is 2. The Hall–Kier alpha value is -6.52. The van der Waals surface area contributed by atoms with Crippen LogP contribution in [0, 0.1) is 5.92 Å². The van der Waals surface area contributed by atoms with E-state index in [1.807, 2.05) is 44.2 Å². The molecule has 56 heavy (non-hydrogen) atoms. The van der Waals surface area contributed by atoms with Crippen LogP contribution in [-0.2, 0) is 20.8 Å². The number of nitrogens with zero attached hydrogens (tertiary/aromatic N) is 4. The molecule has 6 amide bonds. The molecule has 2 aromatic heterocycles. The summed E-state index contributed by atoms with van der Waals surface area (Å²) >= 11 is 0. The summed E-state index contributed by atoms with van der Waals surface area (Å²) in [7, 11) is 1.59. The summed E-state index contributed by atoms with van der Waals surface area (Å²) in [6, 6.07) is 9.57. The Kier molecular flexibility index (Phi) is 10.6. The van der Waals surface area contributed by atoms with E-state index >= 15 is 0 Å². The summed E-state index contributed by atoms with van der Waals surface area (Å²) in [4.78, 5) is 92.8. The number of nitrogens with one attached hydrogen (secondary N) is 4. The lowest BCUT2D eigenvalue weighted by Gasteiger charge is -2.26. The monoisotopic (exact) mass is 766 g/mol. The van der Waals surface area contributed by atoms with Gasteiger partial charge in [0.15, 0.2) is 18.0 Å². The zero-order chi connectivity index (χ0) is 39.7. The third kappa shape index (κ3) is 7.97. The van der Waals surface area contributed by atoms with E-state index in [0.29, 0.717) is 17.9 Å². The minimum absolute atomic E-state index is 0.0292. The molecule has 0 spiro atoms. The molecule has 7 rings (SSSR count). The molecular weight excluding hydrogens is 724 g/mol. The largest absolute Gasteiger partial charge is 0.482 e. The van der Waals surface area contributed by atoms with Gasteiger partial charge in [-0.3, -0.25) is 28.8 Å². The average molecular weight is 767 g/mol. The summed E-state index contributed by atoms with van der Waals surface area (Å²) in [5.41, 5.74) is 1.31. The van der Waals surface area contributed by atoms with Crippen LogP contribution in [0.3, 0.4) is 0 Å². The highest BCUT2D eigenvalue weighted by Crippen LogP contribution is 2.32. The van der Waals surface area contributed by atoms with Crippen molar-refractivity contribution in [1.82, 2.24) is 36.1 Å². The summed E-state index contributed by atoms with van der Waals surface area (Å²) in [6.07, 6.45) is 2.88. The Labute approximate surface area is 321 Å². The van der Waals surface area contributed by atoms with Crippen LogP contribution >= 0.6 is 0 Å². The van der Waals surface area contributed by atoms with Crippen LogP contribution < -0.4 is 30.9 Å². The molecule has 17 nitrogen and oxygen atoms in total. The number of rotatable bonds is 6. The van der Waals surface area contributed by atoms with E-state index in [0.717, 1.165) is 11.8 Å². The smallest absolute Gasteiger partial charge is 0.276 e. The number of carbonyl (C=O) groups is 6. The van der Waals surface area contributed by atoms with E-state index in [-0.39, 0.29) is 66.6 Å². The predicted molar refractivity (Wildman–Crippen MR) is 197 cm³/mol. The molecule has 0 saturated carbocycles. The molecule has 4 bridgehead atoms. The molecule has 292 valence electrons. The van der Waals surface area contributed by atoms with Gasteiger partial charge in [0.25, 0.3) is 23.6 Å². The molecule has 17 heteroatoms. The first-order chi connectivity index (χ1) is 26.8. The molecule has 2 aromatic carbocycles. The van der Waals surface area contributed by atoms with Crippen LogP contribution in [0.4, 0.5) is 5.69 Å². The number of amides is 6. The van der Waals surface area contributed by atoms with Gasteiger partial charge in [0, 0.05) is 31.6 Å². The van der Waals surface area contributed by atoms with Crippen molar-refractivity contribution in [2.24, 2.45) is 5.92 Å². The zero-order valence-electron chi connectivity index (χ0n) is 31.2. The van der Waals surface area contributed by atoms with Gasteiger partial charge in [0.1, 0.15) is 42.4 Å². The minimum atomic E-state index is -1.10. The predicted octanol–water partition coefficient (Wildman–Crippen LogP) is 2.47. The van der Waals surface area contributed by atoms with Crippen LogP contribution in [0.2, 0.25) is 0 Å². The van der Waals surface area contributed by atoms with E-state index in [1.54, 1.807) is 32.2 Å². The highest BCUT2D eigenvalue weighted by atomic mass is 16.5. The number of benzene rings is 2. The highest BCUT2D eigenvalue weighted by Gasteiger charge is 2.43. The van der Waals surface area contributed by atoms with Gasteiger partial charge in [0.05, 0.1) is 5.69 Å². The lowest BCUT2D eigenvalue weighted by atomic mass is 10.0. The van der Waals surface area contributed by atoms with Crippen LogP contribution in [-0.4, -0.2) is 88.6 Å². The first-order valence-electron chi connectivity index (χ1n) is 18.4. The number of oxazole rings is 2. The third-order valence-corrected chi connectivity index (χ3v) is 9.96. The van der Waals surface area contributed by atoms with Gasteiger partial charge in [-0.05, 0) is 49.4 Å². The van der Waals surface area contributed by atoms with Crippen LogP contribution in [0.25, 0.3) is 0 Å². The number of ether oxygens (including phenoxy) is 1. The zero-order valence-corrected chi connectivity index (χ0v) is 31.2. The number of likely N-dealkylation sites (N-methyl/N-ethyl adjacent to an activating group) is 1. The minimum Gasteiger partial charge on any atom is -0.482 e. The molecule has 3 aliphatic rings. The lowest BCUT2D eigenvalue weighted by molar-refractivity contribution is -0.126. The van der Waals surface area contributed by atoms with Crippen molar-refractivity contribution < 1.29 is 42.3 Å². The summed E-state index contributed by atoms with van der Waals surface area (Å²) in [6.45, 7) is 5.28. The van der Waals surface area contributed by atoms with Gasteiger partial charge in [0.2, 0.25) is 23.6 Å². The molecule has 1 saturated heterocycles. The summed E-state index contributed by atoms with van der Waals surface area (Å²) in [5.74, 6) is -2.52.